The Labute approximate surface area is 129 Å². The molecule has 0 aromatic heterocycles. The van der Waals surface area contributed by atoms with E-state index < -0.39 is 0 Å². The molecule has 0 amide bonds. The van der Waals surface area contributed by atoms with Gasteiger partial charge in [-0.15, -0.1) is 0 Å². The number of hydrogen-bond donors (Lipinski definition) is 5. The van der Waals surface area contributed by atoms with Gasteiger partial charge in [-0.05, 0) is 55.0 Å². The van der Waals surface area contributed by atoms with Gasteiger partial charge in [0.05, 0.1) is 0 Å². The molecule has 0 radical (unpaired) electrons. The third kappa shape index (κ3) is 3.62. The monoisotopic (exact) mass is 303 g/mol. The molecule has 6 N–H and O–H groups in total. The van der Waals surface area contributed by atoms with Crippen LogP contribution in [0.5, 0.6) is 23.0 Å². The predicted molar refractivity (Wildman–Crippen MR) is 84.1 cm³/mol. The van der Waals surface area contributed by atoms with Crippen LogP contribution in [0.2, 0.25) is 0 Å². The van der Waals surface area contributed by atoms with E-state index in [1.807, 2.05) is 0 Å². The molecule has 0 saturated carbocycles. The molecule has 0 spiro atoms. The average Bonchev–Trinajstić information content (AvgIpc) is 2.52. The molecule has 5 nitrogen and oxygen atoms in total. The standard InChI is InChI=1S/C10H12O2.C7H9NO2/c11-9-5-7-3-1-2-4-8(7)6-10(9)12;8-4-5-2-1-3-6(9)7(5)10/h5-6,11-12H,1-4H2;1-3,9-10H,4,8H2. The summed E-state index contributed by atoms with van der Waals surface area (Å²) in [6.07, 6.45) is 4.45. The Morgan fingerprint density at radius 3 is 1.82 bits per heavy atom. The summed E-state index contributed by atoms with van der Waals surface area (Å²) in [6.45, 7) is 0.236. The second-order valence-electron chi connectivity index (χ2n) is 5.31. The van der Waals surface area contributed by atoms with Crippen LogP contribution in [0.1, 0.15) is 29.5 Å². The van der Waals surface area contributed by atoms with Gasteiger partial charge < -0.3 is 26.2 Å². The number of para-hydroxylation sites is 1. The molecule has 5 heteroatoms. The van der Waals surface area contributed by atoms with Crippen molar-refractivity contribution in [3.63, 3.8) is 0 Å². The zero-order chi connectivity index (χ0) is 16.1. The summed E-state index contributed by atoms with van der Waals surface area (Å²) >= 11 is 0. The summed E-state index contributed by atoms with van der Waals surface area (Å²) in [5.41, 5.74) is 8.19. The SMILES string of the molecule is NCc1cccc(O)c1O.Oc1cc2c(cc1O)CCCC2. The Balaban J connectivity index is 0.000000164. The van der Waals surface area contributed by atoms with Crippen LogP contribution in [0.4, 0.5) is 0 Å². The van der Waals surface area contributed by atoms with Crippen LogP contribution in [0, 0.1) is 0 Å². The van der Waals surface area contributed by atoms with Crippen LogP contribution < -0.4 is 5.73 Å². The van der Waals surface area contributed by atoms with Gasteiger partial charge >= 0.3 is 0 Å². The number of aryl methyl sites for hydroxylation is 2. The zero-order valence-corrected chi connectivity index (χ0v) is 12.3. The summed E-state index contributed by atoms with van der Waals surface area (Å²) in [6, 6.07) is 8.08. The summed E-state index contributed by atoms with van der Waals surface area (Å²) in [5, 5.41) is 36.4. The Morgan fingerprint density at radius 2 is 1.36 bits per heavy atom. The van der Waals surface area contributed by atoms with Gasteiger partial charge in [-0.25, -0.2) is 0 Å². The van der Waals surface area contributed by atoms with Gasteiger partial charge in [0.15, 0.2) is 23.0 Å². The summed E-state index contributed by atoms with van der Waals surface area (Å²) < 4.78 is 0. The van der Waals surface area contributed by atoms with Crippen LogP contribution in [-0.2, 0) is 19.4 Å². The molecule has 2 aromatic carbocycles. The predicted octanol–water partition coefficient (Wildman–Crippen LogP) is 2.53. The van der Waals surface area contributed by atoms with Crippen molar-refractivity contribution in [3.8, 4) is 23.0 Å². The normalized spacial score (nSPS) is 13.0. The first-order chi connectivity index (χ1) is 10.5. The lowest BCUT2D eigenvalue weighted by Crippen LogP contribution is -2.01. The van der Waals surface area contributed by atoms with Gasteiger partial charge in [0.25, 0.3) is 0 Å². The maximum absolute atomic E-state index is 9.23. The lowest BCUT2D eigenvalue weighted by atomic mass is 9.91. The first-order valence-electron chi connectivity index (χ1n) is 7.26. The molecule has 0 saturated heterocycles. The van der Waals surface area contributed by atoms with E-state index >= 15 is 0 Å². The minimum Gasteiger partial charge on any atom is -0.504 e. The molecule has 0 bridgehead atoms. The van der Waals surface area contributed by atoms with Crippen molar-refractivity contribution in [1.82, 2.24) is 0 Å². The molecule has 1 aliphatic carbocycles. The lowest BCUT2D eigenvalue weighted by Gasteiger charge is -2.15. The molecule has 3 rings (SSSR count). The zero-order valence-electron chi connectivity index (χ0n) is 12.3. The van der Waals surface area contributed by atoms with E-state index in [0.717, 1.165) is 12.8 Å². The van der Waals surface area contributed by atoms with E-state index in [1.54, 1.807) is 24.3 Å². The summed E-state index contributed by atoms with van der Waals surface area (Å²) in [7, 11) is 0. The van der Waals surface area contributed by atoms with E-state index in [4.69, 9.17) is 15.9 Å². The number of phenols is 4. The molecule has 22 heavy (non-hydrogen) atoms. The molecule has 0 aliphatic heterocycles. The fourth-order valence-corrected chi connectivity index (χ4v) is 2.50. The van der Waals surface area contributed by atoms with Crippen LogP contribution in [0.15, 0.2) is 30.3 Å². The number of phenolic OH excluding ortho intramolecular Hbond substituents is 4. The van der Waals surface area contributed by atoms with E-state index in [1.165, 1.54) is 30.0 Å². The Kier molecular flexibility index (Phi) is 5.12. The summed E-state index contributed by atoms with van der Waals surface area (Å²) in [4.78, 5) is 0. The molecule has 1 aliphatic rings. The highest BCUT2D eigenvalue weighted by Gasteiger charge is 2.11. The number of fused-ring (bicyclic) bond motifs is 1. The number of hydrogen-bond acceptors (Lipinski definition) is 5. The number of aromatic hydroxyl groups is 4. The van der Waals surface area contributed by atoms with E-state index in [0.29, 0.717) is 5.56 Å². The molecular weight excluding hydrogens is 282 g/mol. The molecule has 2 aromatic rings. The van der Waals surface area contributed by atoms with Crippen LogP contribution >= 0.6 is 0 Å². The largest absolute Gasteiger partial charge is 0.504 e. The average molecular weight is 303 g/mol. The molecule has 118 valence electrons. The van der Waals surface area contributed by atoms with Crippen molar-refractivity contribution in [2.24, 2.45) is 5.73 Å². The lowest BCUT2D eigenvalue weighted by molar-refractivity contribution is 0.399. The highest BCUT2D eigenvalue weighted by molar-refractivity contribution is 5.46. The van der Waals surface area contributed by atoms with E-state index in [9.17, 15) is 10.2 Å². The smallest absolute Gasteiger partial charge is 0.161 e. The van der Waals surface area contributed by atoms with Crippen molar-refractivity contribution in [2.75, 3.05) is 0 Å². The Bertz CT molecular complexity index is 624. The second kappa shape index (κ2) is 7.04. The van der Waals surface area contributed by atoms with Crippen LogP contribution in [0.25, 0.3) is 0 Å². The highest BCUT2D eigenvalue weighted by Crippen LogP contribution is 2.32. The van der Waals surface area contributed by atoms with Crippen LogP contribution in [-0.4, -0.2) is 20.4 Å². The van der Waals surface area contributed by atoms with Gasteiger partial charge in [0, 0.05) is 12.1 Å². The fourth-order valence-electron chi connectivity index (χ4n) is 2.50. The van der Waals surface area contributed by atoms with Crippen molar-refractivity contribution >= 4 is 0 Å². The third-order valence-electron chi connectivity index (χ3n) is 3.76. The van der Waals surface area contributed by atoms with Crippen molar-refractivity contribution in [1.29, 1.82) is 0 Å². The molecular formula is C17H21NO4. The summed E-state index contributed by atoms with van der Waals surface area (Å²) in [5.74, 6) is -0.223. The van der Waals surface area contributed by atoms with Gasteiger partial charge in [-0.3, -0.25) is 0 Å². The molecule has 0 fully saturated rings. The quantitative estimate of drug-likeness (QED) is 0.520. The number of nitrogens with two attached hydrogens (primary N) is 1. The first kappa shape index (κ1) is 16.0. The highest BCUT2D eigenvalue weighted by atomic mass is 16.3. The minimum atomic E-state index is -0.122. The fraction of sp³-hybridized carbons (Fsp3) is 0.294. The number of benzene rings is 2. The van der Waals surface area contributed by atoms with E-state index in [2.05, 4.69) is 0 Å². The van der Waals surface area contributed by atoms with Crippen molar-refractivity contribution in [3.05, 3.63) is 47.0 Å². The van der Waals surface area contributed by atoms with Crippen molar-refractivity contribution < 1.29 is 20.4 Å². The molecule has 0 heterocycles. The van der Waals surface area contributed by atoms with Gasteiger partial charge in [0.1, 0.15) is 0 Å². The second-order valence-corrected chi connectivity index (χ2v) is 5.31. The topological polar surface area (TPSA) is 107 Å². The molecule has 0 unspecified atom stereocenters. The third-order valence-corrected chi connectivity index (χ3v) is 3.76. The van der Waals surface area contributed by atoms with Gasteiger partial charge in [0.2, 0.25) is 0 Å². The van der Waals surface area contributed by atoms with Crippen molar-refractivity contribution in [2.45, 2.75) is 32.2 Å². The first-order valence-corrected chi connectivity index (χ1v) is 7.26. The molecule has 0 atom stereocenters. The van der Waals surface area contributed by atoms with Gasteiger partial charge in [-0.1, -0.05) is 12.1 Å². The van der Waals surface area contributed by atoms with E-state index in [-0.39, 0.29) is 29.5 Å². The van der Waals surface area contributed by atoms with Gasteiger partial charge in [-0.2, -0.15) is 0 Å². The van der Waals surface area contributed by atoms with Crippen LogP contribution in [0.3, 0.4) is 0 Å². The minimum absolute atomic E-state index is 0.00986. The Hall–Kier alpha value is -2.40. The number of rotatable bonds is 1. The maximum Gasteiger partial charge on any atom is 0.161 e. The Morgan fingerprint density at radius 1 is 0.818 bits per heavy atom. The maximum atomic E-state index is 9.23.